The van der Waals surface area contributed by atoms with E-state index in [2.05, 4.69) is 33.7 Å². The zero-order chi connectivity index (χ0) is 11.1. The average molecular weight is 231 g/mol. The van der Waals surface area contributed by atoms with Crippen molar-refractivity contribution in [1.82, 2.24) is 19.8 Å². The highest BCUT2D eigenvalue weighted by molar-refractivity contribution is 7.13. The summed E-state index contributed by atoms with van der Waals surface area (Å²) in [6, 6.07) is 5.88. The lowest BCUT2D eigenvalue weighted by Gasteiger charge is -1.97. The van der Waals surface area contributed by atoms with Crippen molar-refractivity contribution in [2.24, 2.45) is 0 Å². The number of nitrogens with two attached hydrogens (primary N) is 1. The van der Waals surface area contributed by atoms with Crippen molar-refractivity contribution in [2.75, 3.05) is 5.73 Å². The molecule has 0 aliphatic heterocycles. The van der Waals surface area contributed by atoms with Gasteiger partial charge in [0, 0.05) is 0 Å². The number of hydrogen-bond acceptors (Lipinski definition) is 5. The summed E-state index contributed by atoms with van der Waals surface area (Å²) in [5.41, 5.74) is 8.44. The maximum Gasteiger partial charge on any atom is 0.243 e. The van der Waals surface area contributed by atoms with Gasteiger partial charge in [0.05, 0.1) is 4.88 Å². The Morgan fingerprint density at radius 3 is 2.94 bits per heavy atom. The molecule has 0 aromatic carbocycles. The van der Waals surface area contributed by atoms with Crippen LogP contribution in [0.1, 0.15) is 5.56 Å². The zero-order valence-electron chi connectivity index (χ0n) is 8.58. The van der Waals surface area contributed by atoms with Crippen LogP contribution in [0.15, 0.2) is 23.6 Å². The summed E-state index contributed by atoms with van der Waals surface area (Å²) in [5.74, 6) is 0.310. The van der Waals surface area contributed by atoms with Gasteiger partial charge in [0.15, 0.2) is 5.65 Å². The van der Waals surface area contributed by atoms with E-state index >= 15 is 0 Å². The average Bonchev–Trinajstić information content (AvgIpc) is 2.86. The van der Waals surface area contributed by atoms with Gasteiger partial charge in [-0.3, -0.25) is 0 Å². The molecule has 0 saturated heterocycles. The fourth-order valence-electron chi connectivity index (χ4n) is 1.50. The molecule has 3 rings (SSSR count). The molecule has 0 saturated carbocycles. The molecule has 0 radical (unpaired) electrons. The first-order chi connectivity index (χ1) is 7.74. The summed E-state index contributed by atoms with van der Waals surface area (Å²) < 4.78 is 1.55. The van der Waals surface area contributed by atoms with E-state index in [0.717, 1.165) is 10.6 Å². The standard InChI is InChI=1S/C10H9N5S/c1-6-4-8(16-5-6)7-2-3-9-12-13-10(11)15(9)14-7/h2-5H,1H3,(H2,11,13). The molecular weight excluding hydrogens is 222 g/mol. The number of nitrogens with zero attached hydrogens (tertiary/aromatic N) is 4. The van der Waals surface area contributed by atoms with Crippen LogP contribution < -0.4 is 5.73 Å². The molecule has 0 atom stereocenters. The molecule has 80 valence electrons. The van der Waals surface area contributed by atoms with Gasteiger partial charge in [-0.25, -0.2) is 0 Å². The maximum atomic E-state index is 5.66. The molecule has 0 spiro atoms. The second kappa shape index (κ2) is 3.28. The van der Waals surface area contributed by atoms with E-state index in [9.17, 15) is 0 Å². The van der Waals surface area contributed by atoms with Gasteiger partial charge in [-0.15, -0.1) is 21.5 Å². The first kappa shape index (κ1) is 9.29. The van der Waals surface area contributed by atoms with E-state index in [1.54, 1.807) is 15.9 Å². The van der Waals surface area contributed by atoms with Crippen LogP contribution in [-0.4, -0.2) is 19.8 Å². The molecule has 0 amide bonds. The number of thiophene rings is 1. The molecule has 0 aliphatic rings. The van der Waals surface area contributed by atoms with Gasteiger partial charge in [0.2, 0.25) is 5.95 Å². The maximum absolute atomic E-state index is 5.66. The Balaban J connectivity index is 2.21. The first-order valence-electron chi connectivity index (χ1n) is 4.77. The molecule has 6 heteroatoms. The third-order valence-electron chi connectivity index (χ3n) is 2.27. The number of nitrogen functional groups attached to an aromatic ring is 1. The Labute approximate surface area is 95.5 Å². The van der Waals surface area contributed by atoms with Crippen molar-refractivity contribution >= 4 is 22.9 Å². The van der Waals surface area contributed by atoms with Crippen molar-refractivity contribution in [1.29, 1.82) is 0 Å². The fourth-order valence-corrected chi connectivity index (χ4v) is 2.37. The van der Waals surface area contributed by atoms with Gasteiger partial charge in [0.25, 0.3) is 0 Å². The third kappa shape index (κ3) is 1.35. The lowest BCUT2D eigenvalue weighted by Crippen LogP contribution is -1.98. The fraction of sp³-hybridized carbons (Fsp3) is 0.100. The van der Waals surface area contributed by atoms with Crippen LogP contribution in [0.4, 0.5) is 5.95 Å². The van der Waals surface area contributed by atoms with E-state index in [1.807, 2.05) is 12.1 Å². The van der Waals surface area contributed by atoms with E-state index in [-0.39, 0.29) is 0 Å². The summed E-state index contributed by atoms with van der Waals surface area (Å²) >= 11 is 1.66. The Bertz CT molecular complexity index is 654. The molecule has 0 fully saturated rings. The van der Waals surface area contributed by atoms with Crippen LogP contribution in [0.5, 0.6) is 0 Å². The second-order valence-electron chi connectivity index (χ2n) is 3.54. The number of aryl methyl sites for hydroxylation is 1. The minimum atomic E-state index is 0.310. The summed E-state index contributed by atoms with van der Waals surface area (Å²) in [6.07, 6.45) is 0. The Hall–Kier alpha value is -1.95. The van der Waals surface area contributed by atoms with Crippen molar-refractivity contribution in [2.45, 2.75) is 6.92 Å². The summed E-state index contributed by atoms with van der Waals surface area (Å²) in [7, 11) is 0. The topological polar surface area (TPSA) is 69.1 Å². The molecule has 3 aromatic rings. The van der Waals surface area contributed by atoms with E-state index < -0.39 is 0 Å². The second-order valence-corrected chi connectivity index (χ2v) is 4.45. The molecule has 16 heavy (non-hydrogen) atoms. The Morgan fingerprint density at radius 1 is 1.31 bits per heavy atom. The number of aromatic nitrogens is 4. The van der Waals surface area contributed by atoms with Gasteiger partial charge < -0.3 is 5.73 Å². The van der Waals surface area contributed by atoms with Crippen molar-refractivity contribution < 1.29 is 0 Å². The molecule has 5 nitrogen and oxygen atoms in total. The number of hydrogen-bond donors (Lipinski definition) is 1. The van der Waals surface area contributed by atoms with Gasteiger partial charge in [-0.1, -0.05) is 0 Å². The predicted molar refractivity (Wildman–Crippen MR) is 63.2 cm³/mol. The molecular formula is C10H9N5S. The third-order valence-corrected chi connectivity index (χ3v) is 3.34. The van der Waals surface area contributed by atoms with Crippen LogP contribution in [0.3, 0.4) is 0 Å². The number of rotatable bonds is 1. The van der Waals surface area contributed by atoms with Crippen LogP contribution in [0.25, 0.3) is 16.2 Å². The lowest BCUT2D eigenvalue weighted by atomic mass is 10.3. The highest BCUT2D eigenvalue weighted by Gasteiger charge is 2.06. The van der Waals surface area contributed by atoms with E-state index in [4.69, 9.17) is 5.73 Å². The van der Waals surface area contributed by atoms with Crippen LogP contribution in [0, 0.1) is 6.92 Å². The Kier molecular flexibility index (Phi) is 1.90. The van der Waals surface area contributed by atoms with Crippen molar-refractivity contribution in [3.63, 3.8) is 0 Å². The first-order valence-corrected chi connectivity index (χ1v) is 5.65. The SMILES string of the molecule is Cc1csc(-c2ccc3nnc(N)n3n2)c1. The number of anilines is 1. The van der Waals surface area contributed by atoms with Crippen LogP contribution >= 0.6 is 11.3 Å². The molecule has 0 unspecified atom stereocenters. The van der Waals surface area contributed by atoms with Gasteiger partial charge in [-0.2, -0.15) is 9.61 Å². The summed E-state index contributed by atoms with van der Waals surface area (Å²) in [6.45, 7) is 2.06. The smallest absolute Gasteiger partial charge is 0.243 e. The normalized spacial score (nSPS) is 11.1. The molecule has 3 aromatic heterocycles. The minimum absolute atomic E-state index is 0.310. The minimum Gasteiger partial charge on any atom is -0.366 e. The van der Waals surface area contributed by atoms with Gasteiger partial charge in [-0.05, 0) is 36.1 Å². The molecule has 0 aliphatic carbocycles. The van der Waals surface area contributed by atoms with E-state index in [1.165, 1.54) is 5.56 Å². The molecule has 0 bridgehead atoms. The van der Waals surface area contributed by atoms with Crippen LogP contribution in [-0.2, 0) is 0 Å². The van der Waals surface area contributed by atoms with Crippen molar-refractivity contribution in [3.8, 4) is 10.6 Å². The zero-order valence-corrected chi connectivity index (χ0v) is 9.40. The van der Waals surface area contributed by atoms with Gasteiger partial charge >= 0.3 is 0 Å². The summed E-state index contributed by atoms with van der Waals surface area (Å²) in [4.78, 5) is 1.12. The lowest BCUT2D eigenvalue weighted by molar-refractivity contribution is 0.948. The summed E-state index contributed by atoms with van der Waals surface area (Å²) in [5, 5.41) is 14.1. The highest BCUT2D eigenvalue weighted by Crippen LogP contribution is 2.25. The van der Waals surface area contributed by atoms with Crippen LogP contribution in [0.2, 0.25) is 0 Å². The molecule has 2 N–H and O–H groups in total. The molecule has 3 heterocycles. The monoisotopic (exact) mass is 231 g/mol. The van der Waals surface area contributed by atoms with E-state index in [0.29, 0.717) is 11.6 Å². The van der Waals surface area contributed by atoms with Crippen molar-refractivity contribution in [3.05, 3.63) is 29.1 Å². The Morgan fingerprint density at radius 2 is 2.19 bits per heavy atom. The van der Waals surface area contributed by atoms with Gasteiger partial charge in [0.1, 0.15) is 5.69 Å². The largest absolute Gasteiger partial charge is 0.366 e. The number of fused-ring (bicyclic) bond motifs is 1. The highest BCUT2D eigenvalue weighted by atomic mass is 32.1. The quantitative estimate of drug-likeness (QED) is 0.692. The predicted octanol–water partition coefficient (Wildman–Crippen LogP) is 1.74.